The van der Waals surface area contributed by atoms with Gasteiger partial charge in [0, 0.05) is 38.8 Å². The summed E-state index contributed by atoms with van der Waals surface area (Å²) in [6.07, 6.45) is 0. The first-order valence-corrected chi connectivity index (χ1v) is 9.43. The van der Waals surface area contributed by atoms with Crippen LogP contribution in [0.2, 0.25) is 0 Å². The maximum Gasteiger partial charge on any atom is 0.240 e. The van der Waals surface area contributed by atoms with Crippen molar-refractivity contribution >= 4 is 10.0 Å². The van der Waals surface area contributed by atoms with E-state index >= 15 is 0 Å². The lowest BCUT2D eigenvalue weighted by Gasteiger charge is -2.37. The number of nitrogens with one attached hydrogen (secondary N) is 1. The van der Waals surface area contributed by atoms with Gasteiger partial charge in [-0.1, -0.05) is 19.1 Å². The minimum Gasteiger partial charge on any atom is -0.301 e. The van der Waals surface area contributed by atoms with E-state index in [0.29, 0.717) is 11.4 Å². The Balaban J connectivity index is 1.89. The largest absolute Gasteiger partial charge is 0.301 e. The van der Waals surface area contributed by atoms with Gasteiger partial charge in [0.1, 0.15) is 0 Å². The van der Waals surface area contributed by atoms with Gasteiger partial charge in [-0.25, -0.2) is 13.1 Å². The van der Waals surface area contributed by atoms with Crippen LogP contribution in [0.15, 0.2) is 29.2 Å². The molecular weight excluding hydrogens is 298 g/mol. The van der Waals surface area contributed by atoms with Crippen LogP contribution >= 0.6 is 0 Å². The van der Waals surface area contributed by atoms with Gasteiger partial charge in [-0.3, -0.25) is 4.90 Å². The molecule has 22 heavy (non-hydrogen) atoms. The summed E-state index contributed by atoms with van der Waals surface area (Å²) in [6, 6.07) is 7.22. The van der Waals surface area contributed by atoms with Crippen molar-refractivity contribution in [1.82, 2.24) is 14.5 Å². The Morgan fingerprint density at radius 3 is 2.50 bits per heavy atom. The maximum absolute atomic E-state index is 12.3. The molecule has 1 unspecified atom stereocenters. The molecule has 0 bridgehead atoms. The third-order valence-electron chi connectivity index (χ3n) is 4.35. The summed E-state index contributed by atoms with van der Waals surface area (Å²) in [4.78, 5) is 5.11. The Morgan fingerprint density at radius 2 is 1.91 bits per heavy atom. The van der Waals surface area contributed by atoms with Crippen molar-refractivity contribution in [3.05, 3.63) is 29.8 Å². The molecule has 0 amide bonds. The number of likely N-dealkylation sites (N-methyl/N-ethyl adjacent to an activating group) is 1. The van der Waals surface area contributed by atoms with Crippen LogP contribution < -0.4 is 4.72 Å². The van der Waals surface area contributed by atoms with E-state index in [4.69, 9.17) is 0 Å². The molecule has 0 spiro atoms. The fourth-order valence-corrected chi connectivity index (χ4v) is 3.97. The van der Waals surface area contributed by atoms with Crippen molar-refractivity contribution in [2.24, 2.45) is 0 Å². The van der Waals surface area contributed by atoms with E-state index in [9.17, 15) is 8.42 Å². The van der Waals surface area contributed by atoms with E-state index in [-0.39, 0.29) is 6.04 Å². The normalized spacial score (nSPS) is 19.2. The molecule has 1 aliphatic heterocycles. The van der Waals surface area contributed by atoms with Crippen LogP contribution in [0, 0.1) is 6.92 Å². The maximum atomic E-state index is 12.3. The SMILES string of the molecule is CCN1CCN(C(C)CNS(=O)(=O)c2cccc(C)c2)CC1. The second kappa shape index (κ2) is 7.55. The molecule has 6 heteroatoms. The van der Waals surface area contributed by atoms with Crippen LogP contribution in [-0.2, 0) is 10.0 Å². The van der Waals surface area contributed by atoms with E-state index < -0.39 is 10.0 Å². The van der Waals surface area contributed by atoms with Gasteiger partial charge in [0.25, 0.3) is 0 Å². The minimum atomic E-state index is -3.42. The fourth-order valence-electron chi connectivity index (χ4n) is 2.75. The molecule has 0 radical (unpaired) electrons. The smallest absolute Gasteiger partial charge is 0.240 e. The Labute approximate surface area is 134 Å². The van der Waals surface area contributed by atoms with Gasteiger partial charge >= 0.3 is 0 Å². The van der Waals surface area contributed by atoms with Crippen molar-refractivity contribution in [3.63, 3.8) is 0 Å². The molecule has 1 aromatic carbocycles. The Morgan fingerprint density at radius 1 is 1.23 bits per heavy atom. The Hall–Kier alpha value is -0.950. The average molecular weight is 325 g/mol. The predicted molar refractivity (Wildman–Crippen MR) is 89.5 cm³/mol. The molecule has 1 heterocycles. The fraction of sp³-hybridized carbons (Fsp3) is 0.625. The first-order chi connectivity index (χ1) is 10.4. The van der Waals surface area contributed by atoms with Gasteiger partial charge in [0.05, 0.1) is 4.90 Å². The summed E-state index contributed by atoms with van der Waals surface area (Å²) in [6.45, 7) is 11.8. The van der Waals surface area contributed by atoms with Crippen molar-refractivity contribution < 1.29 is 8.42 Å². The molecule has 2 rings (SSSR count). The topological polar surface area (TPSA) is 52.6 Å². The summed E-state index contributed by atoms with van der Waals surface area (Å²) in [5, 5.41) is 0. The van der Waals surface area contributed by atoms with Crippen molar-refractivity contribution in [2.75, 3.05) is 39.3 Å². The zero-order valence-electron chi connectivity index (χ0n) is 13.7. The third-order valence-corrected chi connectivity index (χ3v) is 5.77. The minimum absolute atomic E-state index is 0.207. The highest BCUT2D eigenvalue weighted by atomic mass is 32.2. The molecule has 0 saturated carbocycles. The summed E-state index contributed by atoms with van der Waals surface area (Å²) in [5.41, 5.74) is 0.951. The lowest BCUT2D eigenvalue weighted by molar-refractivity contribution is 0.107. The number of nitrogens with zero attached hydrogens (tertiary/aromatic N) is 2. The highest BCUT2D eigenvalue weighted by molar-refractivity contribution is 7.89. The first kappa shape index (κ1) is 17.4. The van der Waals surface area contributed by atoms with Crippen LogP contribution in [0.3, 0.4) is 0 Å². The zero-order chi connectivity index (χ0) is 16.2. The van der Waals surface area contributed by atoms with Gasteiger partial charge in [-0.15, -0.1) is 0 Å². The molecule has 1 N–H and O–H groups in total. The zero-order valence-corrected chi connectivity index (χ0v) is 14.6. The molecule has 1 aliphatic rings. The lowest BCUT2D eigenvalue weighted by atomic mass is 10.2. The second-order valence-electron chi connectivity index (χ2n) is 5.99. The highest BCUT2D eigenvalue weighted by Crippen LogP contribution is 2.11. The van der Waals surface area contributed by atoms with E-state index in [2.05, 4.69) is 28.4 Å². The van der Waals surface area contributed by atoms with Crippen molar-refractivity contribution in [3.8, 4) is 0 Å². The molecule has 5 nitrogen and oxygen atoms in total. The third kappa shape index (κ3) is 4.52. The number of aryl methyl sites for hydroxylation is 1. The molecule has 1 aromatic rings. The number of hydrogen-bond acceptors (Lipinski definition) is 4. The van der Waals surface area contributed by atoms with Crippen LogP contribution in [0.25, 0.3) is 0 Å². The van der Waals surface area contributed by atoms with Gasteiger partial charge in [0.2, 0.25) is 10.0 Å². The average Bonchev–Trinajstić information content (AvgIpc) is 2.53. The second-order valence-corrected chi connectivity index (χ2v) is 7.75. The summed E-state index contributed by atoms with van der Waals surface area (Å²) < 4.78 is 27.4. The molecule has 1 atom stereocenters. The van der Waals surface area contributed by atoms with E-state index in [0.717, 1.165) is 38.3 Å². The summed E-state index contributed by atoms with van der Waals surface area (Å²) in [7, 11) is -3.42. The monoisotopic (exact) mass is 325 g/mol. The highest BCUT2D eigenvalue weighted by Gasteiger charge is 2.22. The van der Waals surface area contributed by atoms with Gasteiger partial charge in [-0.05, 0) is 38.1 Å². The van der Waals surface area contributed by atoms with E-state index in [1.165, 1.54) is 0 Å². The van der Waals surface area contributed by atoms with Crippen LogP contribution in [-0.4, -0.2) is 63.5 Å². The summed E-state index contributed by atoms with van der Waals surface area (Å²) in [5.74, 6) is 0. The Bertz CT molecular complexity index is 581. The Kier molecular flexibility index (Phi) is 5.97. The number of piperazine rings is 1. The number of rotatable bonds is 6. The number of hydrogen-bond donors (Lipinski definition) is 1. The van der Waals surface area contributed by atoms with Gasteiger partial charge < -0.3 is 4.90 Å². The van der Waals surface area contributed by atoms with E-state index in [1.54, 1.807) is 18.2 Å². The van der Waals surface area contributed by atoms with Crippen molar-refractivity contribution in [2.45, 2.75) is 31.7 Å². The lowest BCUT2D eigenvalue weighted by Crippen LogP contribution is -2.52. The summed E-state index contributed by atoms with van der Waals surface area (Å²) >= 11 is 0. The first-order valence-electron chi connectivity index (χ1n) is 7.95. The van der Waals surface area contributed by atoms with E-state index in [1.807, 2.05) is 13.0 Å². The molecule has 1 saturated heterocycles. The number of sulfonamides is 1. The molecule has 0 aliphatic carbocycles. The molecule has 1 fully saturated rings. The standard InChI is InChI=1S/C16H27N3O2S/c1-4-18-8-10-19(11-9-18)15(3)13-17-22(20,21)16-7-5-6-14(2)12-16/h5-7,12,15,17H,4,8-11,13H2,1-3H3. The van der Waals surface area contributed by atoms with Gasteiger partial charge in [0.15, 0.2) is 0 Å². The van der Waals surface area contributed by atoms with Crippen LogP contribution in [0.5, 0.6) is 0 Å². The van der Waals surface area contributed by atoms with Gasteiger partial charge in [-0.2, -0.15) is 0 Å². The van der Waals surface area contributed by atoms with Crippen LogP contribution in [0.1, 0.15) is 19.4 Å². The predicted octanol–water partition coefficient (Wildman–Crippen LogP) is 1.30. The van der Waals surface area contributed by atoms with Crippen molar-refractivity contribution in [1.29, 1.82) is 0 Å². The quantitative estimate of drug-likeness (QED) is 0.856. The molecule has 0 aromatic heterocycles. The van der Waals surface area contributed by atoms with Crippen LogP contribution in [0.4, 0.5) is 0 Å². The number of benzene rings is 1. The molecular formula is C16H27N3O2S. The molecule has 124 valence electrons.